The van der Waals surface area contributed by atoms with Crippen LogP contribution in [0.2, 0.25) is 5.02 Å². The second kappa shape index (κ2) is 11.0. The van der Waals surface area contributed by atoms with Crippen LogP contribution in [-0.2, 0) is 16.1 Å². The molecule has 0 aliphatic heterocycles. The van der Waals surface area contributed by atoms with Gasteiger partial charge in [0.05, 0.1) is 5.02 Å². The second-order valence-corrected chi connectivity index (χ2v) is 9.36. The lowest BCUT2D eigenvalue weighted by atomic mass is 10.1. The van der Waals surface area contributed by atoms with Crippen LogP contribution >= 0.6 is 27.5 Å². The third-order valence-electron chi connectivity index (χ3n) is 5.55. The molecule has 2 aromatic carbocycles. The van der Waals surface area contributed by atoms with Crippen LogP contribution in [-0.4, -0.2) is 35.4 Å². The summed E-state index contributed by atoms with van der Waals surface area (Å²) < 4.78 is 6.51. The van der Waals surface area contributed by atoms with Crippen LogP contribution in [0.3, 0.4) is 0 Å². The van der Waals surface area contributed by atoms with E-state index >= 15 is 0 Å². The summed E-state index contributed by atoms with van der Waals surface area (Å²) in [5.74, 6) is 0.0286. The van der Waals surface area contributed by atoms with E-state index in [0.29, 0.717) is 17.3 Å². The lowest BCUT2D eigenvalue weighted by Crippen LogP contribution is -2.50. The smallest absolute Gasteiger partial charge is 0.261 e. The van der Waals surface area contributed by atoms with E-state index in [4.69, 9.17) is 16.3 Å². The summed E-state index contributed by atoms with van der Waals surface area (Å²) in [6.07, 6.45) is 4.25. The minimum atomic E-state index is -0.613. The van der Waals surface area contributed by atoms with Crippen molar-refractivity contribution in [3.05, 3.63) is 63.1 Å². The molecule has 31 heavy (non-hydrogen) atoms. The molecule has 3 rings (SSSR count). The molecule has 1 atom stereocenters. The molecule has 0 radical (unpaired) electrons. The molecule has 0 spiro atoms. The summed E-state index contributed by atoms with van der Waals surface area (Å²) in [5, 5.41) is 3.52. The first-order chi connectivity index (χ1) is 14.8. The zero-order valence-electron chi connectivity index (χ0n) is 17.9. The molecule has 0 aromatic heterocycles. The van der Waals surface area contributed by atoms with E-state index < -0.39 is 6.04 Å². The number of ether oxygens (including phenoxy) is 1. The van der Waals surface area contributed by atoms with Gasteiger partial charge in [0.15, 0.2) is 6.61 Å². The summed E-state index contributed by atoms with van der Waals surface area (Å²) in [5.41, 5.74) is 2.07. The summed E-state index contributed by atoms with van der Waals surface area (Å²) in [6, 6.07) is 12.7. The summed E-state index contributed by atoms with van der Waals surface area (Å²) in [7, 11) is 0. The fourth-order valence-electron chi connectivity index (χ4n) is 3.80. The largest absolute Gasteiger partial charge is 0.482 e. The first kappa shape index (κ1) is 23.6. The van der Waals surface area contributed by atoms with E-state index in [-0.39, 0.29) is 24.5 Å². The Kier molecular flexibility index (Phi) is 8.38. The molecule has 0 bridgehead atoms. The molecule has 1 aliphatic carbocycles. The number of nitrogens with zero attached hydrogens (tertiary/aromatic N) is 1. The number of aryl methyl sites for hydroxylation is 1. The van der Waals surface area contributed by atoms with E-state index in [1.807, 2.05) is 31.2 Å². The fourth-order valence-corrected chi connectivity index (χ4v) is 4.52. The molecule has 1 aliphatic rings. The van der Waals surface area contributed by atoms with E-state index in [1.165, 1.54) is 0 Å². The number of halogens is 2. The Bertz CT molecular complexity index is 931. The number of carbonyl (C=O) groups is 2. The number of rotatable bonds is 8. The number of carbonyl (C=O) groups excluding carboxylic acids is 2. The van der Waals surface area contributed by atoms with Crippen molar-refractivity contribution in [2.24, 2.45) is 0 Å². The third kappa shape index (κ3) is 6.71. The van der Waals surface area contributed by atoms with Gasteiger partial charge in [-0.3, -0.25) is 9.59 Å². The van der Waals surface area contributed by atoms with Gasteiger partial charge in [-0.15, -0.1) is 0 Å². The standard InChI is InChI=1S/C24H28BrClN2O3/c1-16-6-5-7-18(12-16)14-28(17(2)24(30)27-20-8-3-4-9-20)23(29)15-31-22-11-10-19(25)13-21(22)26/h5-7,10-13,17,20H,3-4,8-9,14-15H2,1-2H3,(H,27,30)/t17-/m0/s1. The Labute approximate surface area is 197 Å². The number of nitrogens with one attached hydrogen (secondary N) is 1. The summed E-state index contributed by atoms with van der Waals surface area (Å²) in [6.45, 7) is 3.90. The molecular formula is C24H28BrClN2O3. The van der Waals surface area contributed by atoms with Crippen LogP contribution < -0.4 is 10.1 Å². The molecule has 2 aromatic rings. The van der Waals surface area contributed by atoms with Gasteiger partial charge in [-0.1, -0.05) is 70.2 Å². The van der Waals surface area contributed by atoms with Crippen LogP contribution in [0, 0.1) is 6.92 Å². The maximum absolute atomic E-state index is 13.1. The van der Waals surface area contributed by atoms with Gasteiger partial charge in [-0.25, -0.2) is 0 Å². The van der Waals surface area contributed by atoms with E-state index in [1.54, 1.807) is 30.0 Å². The van der Waals surface area contributed by atoms with Gasteiger partial charge in [0, 0.05) is 17.1 Å². The van der Waals surface area contributed by atoms with Gasteiger partial charge in [0.2, 0.25) is 5.91 Å². The van der Waals surface area contributed by atoms with Crippen molar-refractivity contribution in [1.82, 2.24) is 10.2 Å². The van der Waals surface area contributed by atoms with Crippen LogP contribution in [0.4, 0.5) is 0 Å². The zero-order chi connectivity index (χ0) is 22.4. The third-order valence-corrected chi connectivity index (χ3v) is 6.34. The van der Waals surface area contributed by atoms with Gasteiger partial charge in [0.1, 0.15) is 11.8 Å². The minimum Gasteiger partial charge on any atom is -0.482 e. The topological polar surface area (TPSA) is 58.6 Å². The van der Waals surface area contributed by atoms with Crippen molar-refractivity contribution in [2.45, 2.75) is 58.2 Å². The van der Waals surface area contributed by atoms with E-state index in [9.17, 15) is 9.59 Å². The van der Waals surface area contributed by atoms with E-state index in [0.717, 1.165) is 41.3 Å². The Balaban J connectivity index is 1.73. The normalized spacial score (nSPS) is 14.8. The molecule has 0 saturated heterocycles. The first-order valence-corrected chi connectivity index (χ1v) is 11.7. The van der Waals surface area contributed by atoms with Crippen molar-refractivity contribution in [2.75, 3.05) is 6.61 Å². The second-order valence-electron chi connectivity index (χ2n) is 8.04. The molecule has 1 N–H and O–H groups in total. The molecule has 0 unspecified atom stereocenters. The van der Waals surface area contributed by atoms with E-state index in [2.05, 4.69) is 21.2 Å². The number of hydrogen-bond acceptors (Lipinski definition) is 3. The Morgan fingerprint density at radius 3 is 2.65 bits per heavy atom. The van der Waals surface area contributed by atoms with Gasteiger partial charge < -0.3 is 15.0 Å². The quantitative estimate of drug-likeness (QED) is 0.530. The molecular weight excluding hydrogens is 480 g/mol. The van der Waals surface area contributed by atoms with Crippen LogP contribution in [0.5, 0.6) is 5.75 Å². The highest BCUT2D eigenvalue weighted by molar-refractivity contribution is 9.10. The predicted octanol–water partition coefficient (Wildman–Crippen LogP) is 5.27. The lowest BCUT2D eigenvalue weighted by Gasteiger charge is -2.29. The van der Waals surface area contributed by atoms with Gasteiger partial charge in [-0.05, 0) is 50.5 Å². The average molecular weight is 508 g/mol. The number of amides is 2. The van der Waals surface area contributed by atoms with Crippen LogP contribution in [0.15, 0.2) is 46.9 Å². The van der Waals surface area contributed by atoms with Gasteiger partial charge in [-0.2, -0.15) is 0 Å². The molecule has 5 nitrogen and oxygen atoms in total. The molecule has 0 heterocycles. The monoisotopic (exact) mass is 506 g/mol. The molecule has 1 saturated carbocycles. The lowest BCUT2D eigenvalue weighted by molar-refractivity contribution is -0.142. The summed E-state index contributed by atoms with van der Waals surface area (Å²) in [4.78, 5) is 27.6. The van der Waals surface area contributed by atoms with Crippen molar-refractivity contribution < 1.29 is 14.3 Å². The van der Waals surface area contributed by atoms with Crippen molar-refractivity contribution in [1.29, 1.82) is 0 Å². The maximum Gasteiger partial charge on any atom is 0.261 e. The fraction of sp³-hybridized carbons (Fsp3) is 0.417. The van der Waals surface area contributed by atoms with Crippen molar-refractivity contribution in [3.8, 4) is 5.75 Å². The molecule has 166 valence electrons. The predicted molar refractivity (Wildman–Crippen MR) is 126 cm³/mol. The Morgan fingerprint density at radius 2 is 1.97 bits per heavy atom. The Hall–Kier alpha value is -2.05. The highest BCUT2D eigenvalue weighted by Gasteiger charge is 2.28. The SMILES string of the molecule is Cc1cccc(CN(C(=O)COc2ccc(Br)cc2Cl)[C@@H](C)C(=O)NC2CCCC2)c1. The van der Waals surface area contributed by atoms with Gasteiger partial charge in [0.25, 0.3) is 5.91 Å². The molecule has 7 heteroatoms. The highest BCUT2D eigenvalue weighted by atomic mass is 79.9. The Morgan fingerprint density at radius 1 is 1.23 bits per heavy atom. The van der Waals surface area contributed by atoms with Crippen LogP contribution in [0.1, 0.15) is 43.7 Å². The van der Waals surface area contributed by atoms with Gasteiger partial charge >= 0.3 is 0 Å². The number of hydrogen-bond donors (Lipinski definition) is 1. The summed E-state index contributed by atoms with van der Waals surface area (Å²) >= 11 is 9.56. The molecule has 2 amide bonds. The maximum atomic E-state index is 13.1. The van der Waals surface area contributed by atoms with Crippen molar-refractivity contribution in [3.63, 3.8) is 0 Å². The highest BCUT2D eigenvalue weighted by Crippen LogP contribution is 2.28. The number of benzene rings is 2. The average Bonchev–Trinajstić information content (AvgIpc) is 3.23. The van der Waals surface area contributed by atoms with Crippen molar-refractivity contribution >= 4 is 39.3 Å². The zero-order valence-corrected chi connectivity index (χ0v) is 20.2. The first-order valence-electron chi connectivity index (χ1n) is 10.6. The van der Waals surface area contributed by atoms with Crippen LogP contribution in [0.25, 0.3) is 0 Å². The molecule has 1 fully saturated rings. The minimum absolute atomic E-state index is 0.130.